The number of hydrogen-bond acceptors (Lipinski definition) is 3. The van der Waals surface area contributed by atoms with Crippen molar-refractivity contribution in [3.63, 3.8) is 0 Å². The number of aliphatic hydroxyl groups is 1. The van der Waals surface area contributed by atoms with Crippen LogP contribution in [0, 0.1) is 11.6 Å². The van der Waals surface area contributed by atoms with Crippen molar-refractivity contribution < 1.29 is 13.9 Å². The Morgan fingerprint density at radius 1 is 1.15 bits per heavy atom. The summed E-state index contributed by atoms with van der Waals surface area (Å²) in [5, 5.41) is 13.9. The van der Waals surface area contributed by atoms with Crippen molar-refractivity contribution >= 4 is 0 Å². The zero-order chi connectivity index (χ0) is 19.4. The van der Waals surface area contributed by atoms with E-state index in [0.29, 0.717) is 12.1 Å². The molecule has 0 radical (unpaired) electrons. The highest BCUT2D eigenvalue weighted by Crippen LogP contribution is 2.30. The van der Waals surface area contributed by atoms with E-state index in [2.05, 4.69) is 30.4 Å². The van der Waals surface area contributed by atoms with Crippen LogP contribution in [0.15, 0.2) is 36.4 Å². The number of aryl methyl sites for hydroxylation is 2. The Morgan fingerprint density at radius 2 is 1.89 bits per heavy atom. The number of halogens is 2. The molecule has 0 saturated heterocycles. The van der Waals surface area contributed by atoms with Gasteiger partial charge in [0.1, 0.15) is 11.6 Å². The second-order valence-electron chi connectivity index (χ2n) is 7.45. The van der Waals surface area contributed by atoms with Gasteiger partial charge in [-0.2, -0.15) is 0 Å². The molecule has 1 aliphatic carbocycles. The van der Waals surface area contributed by atoms with Gasteiger partial charge in [-0.3, -0.25) is 0 Å². The van der Waals surface area contributed by atoms with Crippen LogP contribution in [-0.2, 0) is 19.3 Å². The van der Waals surface area contributed by atoms with Gasteiger partial charge in [0.25, 0.3) is 0 Å². The minimum absolute atomic E-state index is 0.203. The van der Waals surface area contributed by atoms with Crippen molar-refractivity contribution in [3.8, 4) is 0 Å². The molecule has 0 spiro atoms. The largest absolute Gasteiger partial charge is 0.390 e. The molecule has 0 heterocycles. The third-order valence-electron chi connectivity index (χ3n) is 5.39. The lowest BCUT2D eigenvalue weighted by Gasteiger charge is -2.29. The number of nitrogens with two attached hydrogens (primary N) is 1. The van der Waals surface area contributed by atoms with E-state index in [4.69, 9.17) is 5.73 Å². The summed E-state index contributed by atoms with van der Waals surface area (Å²) in [4.78, 5) is 0. The molecule has 3 rings (SSSR count). The van der Waals surface area contributed by atoms with Crippen molar-refractivity contribution in [1.82, 2.24) is 5.32 Å². The van der Waals surface area contributed by atoms with E-state index in [-0.39, 0.29) is 12.5 Å². The zero-order valence-electron chi connectivity index (χ0n) is 15.7. The molecule has 2 aromatic carbocycles. The molecular formula is C22H28F2N2O. The Bertz CT molecular complexity index is 761. The summed E-state index contributed by atoms with van der Waals surface area (Å²) in [5.41, 5.74) is 10.5. The molecule has 27 heavy (non-hydrogen) atoms. The Kier molecular flexibility index (Phi) is 6.58. The Morgan fingerprint density at radius 3 is 2.59 bits per heavy atom. The van der Waals surface area contributed by atoms with E-state index in [9.17, 15) is 13.9 Å². The van der Waals surface area contributed by atoms with E-state index in [1.54, 1.807) is 0 Å². The summed E-state index contributed by atoms with van der Waals surface area (Å²) in [6.07, 6.45) is 3.65. The molecule has 3 atom stereocenters. The van der Waals surface area contributed by atoms with Gasteiger partial charge in [-0.1, -0.05) is 25.1 Å². The summed E-state index contributed by atoms with van der Waals surface area (Å²) < 4.78 is 26.6. The van der Waals surface area contributed by atoms with Crippen LogP contribution in [-0.4, -0.2) is 23.8 Å². The number of rotatable bonds is 7. The van der Waals surface area contributed by atoms with Crippen LogP contribution >= 0.6 is 0 Å². The van der Waals surface area contributed by atoms with Gasteiger partial charge in [-0.15, -0.1) is 0 Å². The fourth-order valence-corrected chi connectivity index (χ4v) is 3.83. The van der Waals surface area contributed by atoms with Crippen molar-refractivity contribution in [1.29, 1.82) is 0 Å². The van der Waals surface area contributed by atoms with Crippen molar-refractivity contribution in [2.75, 3.05) is 6.54 Å². The van der Waals surface area contributed by atoms with Crippen LogP contribution in [0.5, 0.6) is 0 Å². The number of aliphatic hydroxyl groups excluding tert-OH is 1. The average Bonchev–Trinajstić information content (AvgIpc) is 2.64. The predicted octanol–water partition coefficient (Wildman–Crippen LogP) is 3.43. The minimum Gasteiger partial charge on any atom is -0.390 e. The maximum Gasteiger partial charge on any atom is 0.126 e. The van der Waals surface area contributed by atoms with Crippen LogP contribution in [0.2, 0.25) is 0 Å². The first-order valence-corrected chi connectivity index (χ1v) is 9.70. The normalized spacial score (nSPS) is 18.8. The number of benzene rings is 2. The third-order valence-corrected chi connectivity index (χ3v) is 5.39. The average molecular weight is 374 g/mol. The molecule has 4 N–H and O–H groups in total. The van der Waals surface area contributed by atoms with Crippen molar-refractivity contribution in [2.24, 2.45) is 5.73 Å². The van der Waals surface area contributed by atoms with Gasteiger partial charge < -0.3 is 16.2 Å². The quantitative estimate of drug-likeness (QED) is 0.696. The molecule has 3 unspecified atom stereocenters. The van der Waals surface area contributed by atoms with Gasteiger partial charge in [0.2, 0.25) is 0 Å². The lowest BCUT2D eigenvalue weighted by molar-refractivity contribution is 0.136. The molecule has 0 fully saturated rings. The first kappa shape index (κ1) is 19.9. The van der Waals surface area contributed by atoms with Crippen molar-refractivity contribution in [2.45, 2.75) is 57.2 Å². The lowest BCUT2D eigenvalue weighted by atomic mass is 9.86. The van der Waals surface area contributed by atoms with Gasteiger partial charge in [-0.05, 0) is 66.5 Å². The topological polar surface area (TPSA) is 58.3 Å². The van der Waals surface area contributed by atoms with Crippen molar-refractivity contribution in [3.05, 3.63) is 70.3 Å². The Labute approximate surface area is 159 Å². The monoisotopic (exact) mass is 374 g/mol. The minimum atomic E-state index is -0.795. The van der Waals surface area contributed by atoms with E-state index < -0.39 is 23.8 Å². The number of nitrogens with one attached hydrogen (secondary N) is 1. The van der Waals surface area contributed by atoms with Crippen LogP contribution in [0.1, 0.15) is 48.1 Å². The molecule has 0 saturated carbocycles. The van der Waals surface area contributed by atoms with Gasteiger partial charge in [0, 0.05) is 24.7 Å². The molecule has 0 aromatic heterocycles. The molecule has 2 aromatic rings. The van der Waals surface area contributed by atoms with Crippen LogP contribution < -0.4 is 11.1 Å². The fourth-order valence-electron chi connectivity index (χ4n) is 3.83. The first-order chi connectivity index (χ1) is 13.0. The standard InChI is InChI=1S/C22H28F2N2O/c1-2-14-6-7-16-4-3-5-21(19(16)10-14)26-13-22(27)20(25)11-15-8-17(23)12-18(24)9-15/h6-10,12,20-22,26-27H,2-5,11,13,25H2,1H3. The van der Waals surface area contributed by atoms with Gasteiger partial charge in [0.05, 0.1) is 6.10 Å². The van der Waals surface area contributed by atoms with Crippen LogP contribution in [0.25, 0.3) is 0 Å². The molecule has 1 aliphatic rings. The second-order valence-corrected chi connectivity index (χ2v) is 7.45. The second kappa shape index (κ2) is 8.91. The van der Waals surface area contributed by atoms with Crippen LogP contribution in [0.3, 0.4) is 0 Å². The molecule has 146 valence electrons. The van der Waals surface area contributed by atoms with E-state index >= 15 is 0 Å². The molecule has 5 heteroatoms. The number of fused-ring (bicyclic) bond motifs is 1. The summed E-state index contributed by atoms with van der Waals surface area (Å²) in [7, 11) is 0. The maximum atomic E-state index is 13.3. The molecule has 0 aliphatic heterocycles. The SMILES string of the molecule is CCc1ccc2c(c1)C(NCC(O)C(N)Cc1cc(F)cc(F)c1)CCC2. The Balaban J connectivity index is 1.60. The predicted molar refractivity (Wildman–Crippen MR) is 104 cm³/mol. The van der Waals surface area contributed by atoms with Gasteiger partial charge in [0.15, 0.2) is 0 Å². The van der Waals surface area contributed by atoms with E-state index in [0.717, 1.165) is 31.7 Å². The first-order valence-electron chi connectivity index (χ1n) is 9.70. The molecular weight excluding hydrogens is 346 g/mol. The highest BCUT2D eigenvalue weighted by atomic mass is 19.1. The van der Waals surface area contributed by atoms with E-state index in [1.165, 1.54) is 28.8 Å². The zero-order valence-corrected chi connectivity index (χ0v) is 15.7. The molecule has 0 amide bonds. The highest BCUT2D eigenvalue weighted by Gasteiger charge is 2.23. The summed E-state index contributed by atoms with van der Waals surface area (Å²) in [6.45, 7) is 2.49. The third kappa shape index (κ3) is 5.12. The fraction of sp³-hybridized carbons (Fsp3) is 0.455. The molecule has 0 bridgehead atoms. The highest BCUT2D eigenvalue weighted by molar-refractivity contribution is 5.36. The number of hydrogen-bond donors (Lipinski definition) is 3. The summed E-state index contributed by atoms with van der Waals surface area (Å²) in [5.74, 6) is -1.26. The van der Waals surface area contributed by atoms with Crippen LogP contribution in [0.4, 0.5) is 8.78 Å². The summed E-state index contributed by atoms with van der Waals surface area (Å²) >= 11 is 0. The molecule has 3 nitrogen and oxygen atoms in total. The summed E-state index contributed by atoms with van der Waals surface area (Å²) in [6, 6.07) is 9.61. The van der Waals surface area contributed by atoms with Gasteiger partial charge in [-0.25, -0.2) is 8.78 Å². The van der Waals surface area contributed by atoms with E-state index in [1.807, 2.05) is 0 Å². The smallest absolute Gasteiger partial charge is 0.126 e. The Hall–Kier alpha value is -1.82. The van der Waals surface area contributed by atoms with Gasteiger partial charge >= 0.3 is 0 Å². The lowest BCUT2D eigenvalue weighted by Crippen LogP contribution is -2.44. The maximum absolute atomic E-state index is 13.3.